The minimum atomic E-state index is 0.0180. The van der Waals surface area contributed by atoms with E-state index in [1.165, 1.54) is 32.1 Å². The summed E-state index contributed by atoms with van der Waals surface area (Å²) in [6.07, 6.45) is 9.56. The molecular formula is C18H22N2O. The van der Waals surface area contributed by atoms with Crippen molar-refractivity contribution in [2.75, 3.05) is 6.54 Å². The third-order valence-corrected chi connectivity index (χ3v) is 4.46. The van der Waals surface area contributed by atoms with E-state index in [2.05, 4.69) is 10.3 Å². The number of carbonyl (C=O) groups is 1. The van der Waals surface area contributed by atoms with E-state index in [1.807, 2.05) is 24.3 Å². The van der Waals surface area contributed by atoms with E-state index in [1.54, 1.807) is 12.3 Å². The standard InChI is InChI=1S/C18H22N2O/c21-18(20-12-10-14-6-2-1-3-7-14)16-11-13-19-17-9-5-4-8-15(16)17/h4-5,8-9,11,13-14H,1-3,6-7,10,12H2,(H,20,21). The molecule has 3 nitrogen and oxygen atoms in total. The second-order valence-electron chi connectivity index (χ2n) is 5.92. The van der Waals surface area contributed by atoms with Crippen LogP contribution < -0.4 is 5.32 Å². The first-order valence-electron chi connectivity index (χ1n) is 7.96. The van der Waals surface area contributed by atoms with Crippen molar-refractivity contribution in [1.82, 2.24) is 10.3 Å². The fourth-order valence-electron chi connectivity index (χ4n) is 3.25. The number of hydrogen-bond donors (Lipinski definition) is 1. The first kappa shape index (κ1) is 14.1. The number of rotatable bonds is 4. The van der Waals surface area contributed by atoms with Gasteiger partial charge in [-0.3, -0.25) is 9.78 Å². The van der Waals surface area contributed by atoms with Gasteiger partial charge in [0.15, 0.2) is 0 Å². The summed E-state index contributed by atoms with van der Waals surface area (Å²) in [5.74, 6) is 0.817. The third-order valence-electron chi connectivity index (χ3n) is 4.46. The van der Waals surface area contributed by atoms with Crippen LogP contribution in [0.1, 0.15) is 48.9 Å². The molecule has 3 heteroatoms. The fourth-order valence-corrected chi connectivity index (χ4v) is 3.25. The molecule has 1 amide bonds. The quantitative estimate of drug-likeness (QED) is 0.923. The van der Waals surface area contributed by atoms with Gasteiger partial charge in [-0.25, -0.2) is 0 Å². The van der Waals surface area contributed by atoms with Crippen molar-refractivity contribution in [3.05, 3.63) is 42.1 Å². The number of amides is 1. The highest BCUT2D eigenvalue weighted by Gasteiger charge is 2.14. The van der Waals surface area contributed by atoms with Gasteiger partial charge in [-0.05, 0) is 24.5 Å². The lowest BCUT2D eigenvalue weighted by atomic mass is 9.87. The predicted octanol–water partition coefficient (Wildman–Crippen LogP) is 3.94. The van der Waals surface area contributed by atoms with Gasteiger partial charge in [-0.15, -0.1) is 0 Å². The van der Waals surface area contributed by atoms with Crippen molar-refractivity contribution in [3.8, 4) is 0 Å². The minimum Gasteiger partial charge on any atom is -0.352 e. The maximum atomic E-state index is 12.4. The van der Waals surface area contributed by atoms with E-state index in [0.717, 1.165) is 35.3 Å². The summed E-state index contributed by atoms with van der Waals surface area (Å²) in [6.45, 7) is 0.778. The average Bonchev–Trinajstić information content (AvgIpc) is 2.55. The number of nitrogens with one attached hydrogen (secondary N) is 1. The molecule has 0 saturated heterocycles. The molecule has 1 fully saturated rings. The van der Waals surface area contributed by atoms with Crippen molar-refractivity contribution < 1.29 is 4.79 Å². The van der Waals surface area contributed by atoms with Crippen LogP contribution in [-0.4, -0.2) is 17.4 Å². The molecule has 0 bridgehead atoms. The van der Waals surface area contributed by atoms with Gasteiger partial charge in [0.2, 0.25) is 0 Å². The summed E-state index contributed by atoms with van der Waals surface area (Å²) in [4.78, 5) is 16.7. The van der Waals surface area contributed by atoms with Crippen LogP contribution in [0, 0.1) is 5.92 Å². The van der Waals surface area contributed by atoms with Crippen molar-refractivity contribution in [3.63, 3.8) is 0 Å². The summed E-state index contributed by atoms with van der Waals surface area (Å²) in [5.41, 5.74) is 1.60. The lowest BCUT2D eigenvalue weighted by molar-refractivity contribution is 0.0952. The molecule has 0 atom stereocenters. The molecule has 2 aromatic rings. The SMILES string of the molecule is O=C(NCCC1CCCCC1)c1ccnc2ccccc12. The van der Waals surface area contributed by atoms with Crippen LogP contribution in [-0.2, 0) is 0 Å². The van der Waals surface area contributed by atoms with Crippen molar-refractivity contribution >= 4 is 16.8 Å². The summed E-state index contributed by atoms with van der Waals surface area (Å²) in [5, 5.41) is 4.00. The van der Waals surface area contributed by atoms with Crippen LogP contribution in [0.5, 0.6) is 0 Å². The highest BCUT2D eigenvalue weighted by atomic mass is 16.1. The molecule has 0 spiro atoms. The number of fused-ring (bicyclic) bond motifs is 1. The minimum absolute atomic E-state index is 0.0180. The molecule has 1 saturated carbocycles. The zero-order chi connectivity index (χ0) is 14.5. The van der Waals surface area contributed by atoms with Crippen molar-refractivity contribution in [2.45, 2.75) is 38.5 Å². The molecule has 1 aliphatic carbocycles. The van der Waals surface area contributed by atoms with E-state index in [-0.39, 0.29) is 5.91 Å². The maximum absolute atomic E-state index is 12.4. The number of pyridine rings is 1. The number of aromatic nitrogens is 1. The van der Waals surface area contributed by atoms with Crippen LogP contribution in [0.4, 0.5) is 0 Å². The van der Waals surface area contributed by atoms with Gasteiger partial charge in [0, 0.05) is 18.1 Å². The maximum Gasteiger partial charge on any atom is 0.252 e. The molecule has 0 unspecified atom stereocenters. The lowest BCUT2D eigenvalue weighted by Crippen LogP contribution is -2.26. The average molecular weight is 282 g/mol. The topological polar surface area (TPSA) is 42.0 Å². The summed E-state index contributed by atoms with van der Waals surface area (Å²) in [6, 6.07) is 9.59. The molecule has 1 heterocycles. The van der Waals surface area contributed by atoms with Gasteiger partial charge < -0.3 is 5.32 Å². The number of carbonyl (C=O) groups excluding carboxylic acids is 1. The van der Waals surface area contributed by atoms with Gasteiger partial charge in [0.1, 0.15) is 0 Å². The summed E-state index contributed by atoms with van der Waals surface area (Å²) < 4.78 is 0. The number of nitrogens with zero attached hydrogens (tertiary/aromatic N) is 1. The van der Waals surface area contributed by atoms with Crippen molar-refractivity contribution in [2.24, 2.45) is 5.92 Å². The molecule has 1 N–H and O–H groups in total. The van der Waals surface area contributed by atoms with Gasteiger partial charge in [-0.2, -0.15) is 0 Å². The predicted molar refractivity (Wildman–Crippen MR) is 85.3 cm³/mol. The Labute approximate surface area is 125 Å². The van der Waals surface area contributed by atoms with E-state index >= 15 is 0 Å². The van der Waals surface area contributed by atoms with Crippen LogP contribution in [0.3, 0.4) is 0 Å². The summed E-state index contributed by atoms with van der Waals surface area (Å²) in [7, 11) is 0. The first-order valence-corrected chi connectivity index (χ1v) is 7.96. The lowest BCUT2D eigenvalue weighted by Gasteiger charge is -2.21. The smallest absolute Gasteiger partial charge is 0.252 e. The van der Waals surface area contributed by atoms with Crippen LogP contribution in [0.25, 0.3) is 10.9 Å². The fraction of sp³-hybridized carbons (Fsp3) is 0.444. The normalized spacial score (nSPS) is 16.0. The Morgan fingerprint density at radius 1 is 1.14 bits per heavy atom. The Kier molecular flexibility index (Phi) is 4.49. The Balaban J connectivity index is 1.61. The Hall–Kier alpha value is -1.90. The first-order chi connectivity index (χ1) is 10.3. The monoisotopic (exact) mass is 282 g/mol. The highest BCUT2D eigenvalue weighted by Crippen LogP contribution is 2.25. The van der Waals surface area contributed by atoms with E-state index in [0.29, 0.717) is 0 Å². The van der Waals surface area contributed by atoms with E-state index < -0.39 is 0 Å². The van der Waals surface area contributed by atoms with E-state index in [9.17, 15) is 4.79 Å². The number of hydrogen-bond acceptors (Lipinski definition) is 2. The molecule has 21 heavy (non-hydrogen) atoms. The largest absolute Gasteiger partial charge is 0.352 e. The van der Waals surface area contributed by atoms with Gasteiger partial charge >= 0.3 is 0 Å². The van der Waals surface area contributed by atoms with Crippen LogP contribution in [0.15, 0.2) is 36.5 Å². The molecule has 1 aromatic carbocycles. The molecule has 1 aromatic heterocycles. The Morgan fingerprint density at radius 3 is 2.81 bits per heavy atom. The second-order valence-corrected chi connectivity index (χ2v) is 5.92. The third kappa shape index (κ3) is 3.41. The molecule has 0 aliphatic heterocycles. The summed E-state index contributed by atoms with van der Waals surface area (Å²) >= 11 is 0. The highest BCUT2D eigenvalue weighted by molar-refractivity contribution is 6.05. The number of para-hydroxylation sites is 1. The second kappa shape index (κ2) is 6.70. The van der Waals surface area contributed by atoms with Crippen LogP contribution >= 0.6 is 0 Å². The molecular weight excluding hydrogens is 260 g/mol. The Bertz CT molecular complexity index is 612. The van der Waals surface area contributed by atoms with E-state index in [4.69, 9.17) is 0 Å². The zero-order valence-corrected chi connectivity index (χ0v) is 12.3. The zero-order valence-electron chi connectivity index (χ0n) is 12.3. The molecule has 110 valence electrons. The number of benzene rings is 1. The van der Waals surface area contributed by atoms with Gasteiger partial charge in [0.05, 0.1) is 11.1 Å². The van der Waals surface area contributed by atoms with Gasteiger partial charge in [-0.1, -0.05) is 50.3 Å². The Morgan fingerprint density at radius 2 is 1.95 bits per heavy atom. The molecule has 0 radical (unpaired) electrons. The van der Waals surface area contributed by atoms with Crippen LogP contribution in [0.2, 0.25) is 0 Å². The molecule has 3 rings (SSSR count). The molecule has 1 aliphatic rings. The van der Waals surface area contributed by atoms with Crippen molar-refractivity contribution in [1.29, 1.82) is 0 Å². The van der Waals surface area contributed by atoms with Gasteiger partial charge in [0.25, 0.3) is 5.91 Å².